The number of carboxylic acids is 1. The highest BCUT2D eigenvalue weighted by Crippen LogP contribution is 2.16. The summed E-state index contributed by atoms with van der Waals surface area (Å²) in [7, 11) is 0. The summed E-state index contributed by atoms with van der Waals surface area (Å²) >= 11 is 0. The van der Waals surface area contributed by atoms with Crippen LogP contribution < -0.4 is 5.32 Å². The van der Waals surface area contributed by atoms with Crippen LogP contribution in [0.15, 0.2) is 12.3 Å². The molecular weight excluding hydrogens is 254 g/mol. The van der Waals surface area contributed by atoms with Crippen LogP contribution in [0.2, 0.25) is 0 Å². The van der Waals surface area contributed by atoms with Crippen molar-refractivity contribution in [1.82, 2.24) is 10.3 Å². The highest BCUT2D eigenvalue weighted by Gasteiger charge is 2.24. The maximum atomic E-state index is 11.9. The van der Waals surface area contributed by atoms with E-state index in [9.17, 15) is 19.7 Å². The third kappa shape index (κ3) is 3.73. The highest BCUT2D eigenvalue weighted by atomic mass is 16.6. The lowest BCUT2D eigenvalue weighted by Crippen LogP contribution is -2.41. The summed E-state index contributed by atoms with van der Waals surface area (Å²) in [5, 5.41) is 22.1. The summed E-state index contributed by atoms with van der Waals surface area (Å²) in [6.07, 6.45) is 0.851. The van der Waals surface area contributed by atoms with Gasteiger partial charge in [-0.2, -0.15) is 0 Å². The number of aromatic nitrogens is 1. The van der Waals surface area contributed by atoms with E-state index in [0.29, 0.717) is 0 Å². The van der Waals surface area contributed by atoms with Crippen LogP contribution in [-0.4, -0.2) is 32.4 Å². The van der Waals surface area contributed by atoms with Gasteiger partial charge in [-0.3, -0.25) is 14.9 Å². The first kappa shape index (κ1) is 14.6. The highest BCUT2D eigenvalue weighted by molar-refractivity contribution is 6.03. The Balaban J connectivity index is 3.24. The quantitative estimate of drug-likeness (QED) is 0.627. The average molecular weight is 267 g/mol. The van der Waals surface area contributed by atoms with Crippen molar-refractivity contribution in [3.05, 3.63) is 33.6 Å². The van der Waals surface area contributed by atoms with Crippen molar-refractivity contribution in [2.45, 2.75) is 26.3 Å². The normalized spacial score (nSPS) is 10.9. The second-order valence-electron chi connectivity index (χ2n) is 4.86. The number of carbonyl (C=O) groups is 2. The Morgan fingerprint density at radius 2 is 2.00 bits per heavy atom. The minimum absolute atomic E-state index is 0.354. The standard InChI is InChI=1S/C11H13N3O5/c1-11(2,3)13-9(15)8-7(10(16)17)4-6(5-12-8)14(18)19/h4-5H,1-3H3,(H,13,15)(H,16,17). The molecule has 0 saturated carbocycles. The molecule has 0 aromatic carbocycles. The Bertz CT molecular complexity index is 548. The van der Waals surface area contributed by atoms with Crippen molar-refractivity contribution in [2.24, 2.45) is 0 Å². The molecule has 1 amide bonds. The molecule has 1 aromatic rings. The van der Waals surface area contributed by atoms with Crippen molar-refractivity contribution in [3.8, 4) is 0 Å². The lowest BCUT2D eigenvalue weighted by atomic mass is 10.1. The number of aromatic carboxylic acids is 1. The smallest absolute Gasteiger partial charge is 0.338 e. The van der Waals surface area contributed by atoms with Crippen LogP contribution >= 0.6 is 0 Å². The number of rotatable bonds is 3. The molecule has 8 heteroatoms. The van der Waals surface area contributed by atoms with E-state index in [2.05, 4.69) is 10.3 Å². The summed E-state index contributed by atoms with van der Waals surface area (Å²) in [5.74, 6) is -2.14. The van der Waals surface area contributed by atoms with Gasteiger partial charge < -0.3 is 10.4 Å². The number of hydrogen-bond donors (Lipinski definition) is 2. The fourth-order valence-corrected chi connectivity index (χ4v) is 1.30. The molecule has 0 aliphatic heterocycles. The molecule has 1 heterocycles. The molecule has 0 aliphatic carbocycles. The summed E-state index contributed by atoms with van der Waals surface area (Å²) in [6.45, 7) is 5.16. The van der Waals surface area contributed by atoms with E-state index in [1.165, 1.54) is 0 Å². The van der Waals surface area contributed by atoms with Crippen molar-refractivity contribution in [1.29, 1.82) is 0 Å². The van der Waals surface area contributed by atoms with E-state index >= 15 is 0 Å². The fourth-order valence-electron chi connectivity index (χ4n) is 1.30. The molecule has 1 rings (SSSR count). The molecule has 0 fully saturated rings. The Hall–Kier alpha value is -2.51. The second kappa shape index (κ2) is 5.01. The minimum atomic E-state index is -1.45. The third-order valence-corrected chi connectivity index (χ3v) is 2.02. The number of carboxylic acid groups (broad SMARTS) is 1. The minimum Gasteiger partial charge on any atom is -0.478 e. The van der Waals surface area contributed by atoms with Crippen molar-refractivity contribution in [2.75, 3.05) is 0 Å². The third-order valence-electron chi connectivity index (χ3n) is 2.02. The van der Waals surface area contributed by atoms with Gasteiger partial charge in [0.25, 0.3) is 11.6 Å². The second-order valence-corrected chi connectivity index (χ2v) is 4.86. The lowest BCUT2D eigenvalue weighted by molar-refractivity contribution is -0.385. The largest absolute Gasteiger partial charge is 0.478 e. The molecule has 0 bridgehead atoms. The Morgan fingerprint density at radius 1 is 1.42 bits per heavy atom. The lowest BCUT2D eigenvalue weighted by Gasteiger charge is -2.20. The van der Waals surface area contributed by atoms with E-state index in [0.717, 1.165) is 12.3 Å². The van der Waals surface area contributed by atoms with Crippen LogP contribution in [0.3, 0.4) is 0 Å². The summed E-state index contributed by atoms with van der Waals surface area (Å²) in [4.78, 5) is 36.2. The maximum Gasteiger partial charge on any atom is 0.338 e. The van der Waals surface area contributed by atoms with E-state index in [-0.39, 0.29) is 5.69 Å². The molecule has 0 atom stereocenters. The molecule has 1 aromatic heterocycles. The first-order valence-electron chi connectivity index (χ1n) is 5.32. The topological polar surface area (TPSA) is 122 Å². The first-order valence-corrected chi connectivity index (χ1v) is 5.32. The van der Waals surface area contributed by atoms with E-state index in [1.54, 1.807) is 20.8 Å². The van der Waals surface area contributed by atoms with E-state index < -0.39 is 33.6 Å². The number of hydrogen-bond acceptors (Lipinski definition) is 5. The number of nitrogens with one attached hydrogen (secondary N) is 1. The zero-order valence-corrected chi connectivity index (χ0v) is 10.6. The van der Waals surface area contributed by atoms with Gasteiger partial charge in [0.1, 0.15) is 11.9 Å². The van der Waals surface area contributed by atoms with Crippen molar-refractivity contribution in [3.63, 3.8) is 0 Å². The van der Waals surface area contributed by atoms with Gasteiger partial charge in [-0.25, -0.2) is 9.78 Å². The van der Waals surface area contributed by atoms with Crippen molar-refractivity contribution >= 4 is 17.6 Å². The Morgan fingerprint density at radius 3 is 2.42 bits per heavy atom. The number of nitro groups is 1. The fraction of sp³-hybridized carbons (Fsp3) is 0.364. The summed E-state index contributed by atoms with van der Waals surface area (Å²) < 4.78 is 0. The summed E-state index contributed by atoms with van der Waals surface area (Å²) in [6, 6.07) is 0.812. The van der Waals surface area contributed by atoms with Gasteiger partial charge in [0.05, 0.1) is 10.5 Å². The zero-order valence-electron chi connectivity index (χ0n) is 10.6. The van der Waals surface area contributed by atoms with Crippen LogP contribution in [0.1, 0.15) is 41.6 Å². The number of amides is 1. The predicted molar refractivity (Wildman–Crippen MR) is 65.1 cm³/mol. The van der Waals surface area contributed by atoms with Crippen LogP contribution in [0.4, 0.5) is 5.69 Å². The van der Waals surface area contributed by atoms with Gasteiger partial charge in [0, 0.05) is 11.6 Å². The van der Waals surface area contributed by atoms with Gasteiger partial charge in [-0.15, -0.1) is 0 Å². The van der Waals surface area contributed by atoms with Crippen LogP contribution in [0.25, 0.3) is 0 Å². The molecule has 0 unspecified atom stereocenters. The van der Waals surface area contributed by atoms with Gasteiger partial charge in [0.2, 0.25) is 0 Å². The molecule has 0 aliphatic rings. The number of carbonyl (C=O) groups excluding carboxylic acids is 1. The molecule has 0 saturated heterocycles. The van der Waals surface area contributed by atoms with Crippen LogP contribution in [-0.2, 0) is 0 Å². The maximum absolute atomic E-state index is 11.9. The SMILES string of the molecule is CC(C)(C)NC(=O)c1ncc([N+](=O)[O-])cc1C(=O)O. The van der Waals surface area contributed by atoms with E-state index in [4.69, 9.17) is 5.11 Å². The van der Waals surface area contributed by atoms with Gasteiger partial charge >= 0.3 is 5.97 Å². The zero-order chi connectivity index (χ0) is 14.8. The van der Waals surface area contributed by atoms with Crippen LogP contribution in [0.5, 0.6) is 0 Å². The monoisotopic (exact) mass is 267 g/mol. The average Bonchev–Trinajstić information content (AvgIpc) is 2.25. The Labute approximate surface area is 108 Å². The Kier molecular flexibility index (Phi) is 3.83. The molecule has 19 heavy (non-hydrogen) atoms. The van der Waals surface area contributed by atoms with Gasteiger partial charge in [0.15, 0.2) is 0 Å². The first-order chi connectivity index (χ1) is 8.61. The predicted octanol–water partition coefficient (Wildman–Crippen LogP) is 1.22. The molecule has 8 nitrogen and oxygen atoms in total. The van der Waals surface area contributed by atoms with Crippen LogP contribution in [0, 0.1) is 10.1 Å². The van der Waals surface area contributed by atoms with Crippen molar-refractivity contribution < 1.29 is 19.6 Å². The van der Waals surface area contributed by atoms with Gasteiger partial charge in [-0.05, 0) is 20.8 Å². The molecule has 0 spiro atoms. The number of pyridine rings is 1. The summed E-state index contributed by atoms with van der Waals surface area (Å²) in [5.41, 5.74) is -1.91. The molecule has 102 valence electrons. The van der Waals surface area contributed by atoms with Gasteiger partial charge in [-0.1, -0.05) is 0 Å². The van der Waals surface area contributed by atoms with E-state index in [1.807, 2.05) is 0 Å². The molecule has 2 N–H and O–H groups in total. The molecule has 0 radical (unpaired) electrons. The number of nitrogens with zero attached hydrogens (tertiary/aromatic N) is 2. The molecular formula is C11H13N3O5.